The third-order valence-electron chi connectivity index (χ3n) is 2.54. The van der Waals surface area contributed by atoms with Gasteiger partial charge in [-0.25, -0.2) is 4.79 Å². The topological polar surface area (TPSA) is 74.6 Å². The van der Waals surface area contributed by atoms with E-state index in [0.29, 0.717) is 11.1 Å². The van der Waals surface area contributed by atoms with Gasteiger partial charge in [-0.3, -0.25) is 4.79 Å². The second-order valence-corrected chi connectivity index (χ2v) is 4.47. The number of carboxylic acid groups (broad SMARTS) is 1. The molecule has 0 fully saturated rings. The van der Waals surface area contributed by atoms with Crippen molar-refractivity contribution < 1.29 is 19.8 Å². The zero-order valence-corrected chi connectivity index (χ0v) is 11.1. The van der Waals surface area contributed by atoms with Crippen LogP contribution in [0.5, 0.6) is 0 Å². The summed E-state index contributed by atoms with van der Waals surface area (Å²) in [4.78, 5) is 22.1. The molecule has 1 aromatic carbocycles. The monoisotopic (exact) mass is 290 g/mol. The van der Waals surface area contributed by atoms with Crippen molar-refractivity contribution >= 4 is 35.0 Å². The van der Waals surface area contributed by atoms with Crippen molar-refractivity contribution in [3.8, 4) is 0 Å². The minimum Gasteiger partial charge on any atom is -0.479 e. The molecule has 0 aliphatic carbocycles. The lowest BCUT2D eigenvalue weighted by atomic mass is 9.95. The SMILES string of the molecule is CC(=O)C(Cl)c1cccc(C(O)C(=O)O)c1CCl. The van der Waals surface area contributed by atoms with Gasteiger partial charge in [0, 0.05) is 5.88 Å². The fraction of sp³-hybridized carbons (Fsp3) is 0.333. The second kappa shape index (κ2) is 6.18. The molecule has 98 valence electrons. The smallest absolute Gasteiger partial charge is 0.337 e. The summed E-state index contributed by atoms with van der Waals surface area (Å²) in [5.74, 6) is -1.69. The van der Waals surface area contributed by atoms with Crippen LogP contribution in [-0.4, -0.2) is 22.0 Å². The molecular weight excluding hydrogens is 279 g/mol. The van der Waals surface area contributed by atoms with Crippen molar-refractivity contribution in [1.82, 2.24) is 0 Å². The summed E-state index contributed by atoms with van der Waals surface area (Å²) in [5.41, 5.74) is 0.961. The van der Waals surface area contributed by atoms with E-state index in [2.05, 4.69) is 0 Å². The zero-order chi connectivity index (χ0) is 13.9. The first-order valence-corrected chi connectivity index (χ1v) is 6.10. The number of hydrogen-bond donors (Lipinski definition) is 2. The predicted molar refractivity (Wildman–Crippen MR) is 67.9 cm³/mol. The summed E-state index contributed by atoms with van der Waals surface area (Å²) in [6.45, 7) is 1.33. The predicted octanol–water partition coefficient (Wildman–Crippen LogP) is 2.41. The molecule has 2 unspecified atom stereocenters. The summed E-state index contributed by atoms with van der Waals surface area (Å²) < 4.78 is 0. The largest absolute Gasteiger partial charge is 0.479 e. The average molecular weight is 291 g/mol. The van der Waals surface area contributed by atoms with Crippen molar-refractivity contribution in [1.29, 1.82) is 0 Å². The highest BCUT2D eigenvalue weighted by Crippen LogP contribution is 2.31. The lowest BCUT2D eigenvalue weighted by Crippen LogP contribution is -2.15. The van der Waals surface area contributed by atoms with Gasteiger partial charge in [-0.05, 0) is 23.6 Å². The van der Waals surface area contributed by atoms with Gasteiger partial charge in [-0.15, -0.1) is 23.2 Å². The first-order valence-electron chi connectivity index (χ1n) is 5.13. The van der Waals surface area contributed by atoms with Crippen LogP contribution in [0.15, 0.2) is 18.2 Å². The molecule has 0 heterocycles. The Balaban J connectivity index is 3.34. The Kier molecular flexibility index (Phi) is 5.14. The number of carboxylic acids is 1. The summed E-state index contributed by atoms with van der Waals surface area (Å²) in [5, 5.41) is 17.5. The quantitative estimate of drug-likeness (QED) is 0.817. The lowest BCUT2D eigenvalue weighted by Gasteiger charge is -2.17. The summed E-state index contributed by atoms with van der Waals surface area (Å²) in [6, 6.07) is 4.57. The van der Waals surface area contributed by atoms with E-state index in [4.69, 9.17) is 28.3 Å². The zero-order valence-electron chi connectivity index (χ0n) is 9.56. The Morgan fingerprint density at radius 2 is 1.89 bits per heavy atom. The van der Waals surface area contributed by atoms with Gasteiger partial charge in [0.05, 0.1) is 0 Å². The Morgan fingerprint density at radius 1 is 1.33 bits per heavy atom. The van der Waals surface area contributed by atoms with Gasteiger partial charge in [0.15, 0.2) is 11.9 Å². The van der Waals surface area contributed by atoms with Crippen LogP contribution in [0.1, 0.15) is 35.1 Å². The van der Waals surface area contributed by atoms with Crippen LogP contribution in [0.25, 0.3) is 0 Å². The number of benzene rings is 1. The number of Topliss-reactive ketones (excluding diaryl/α,β-unsaturated/α-hetero) is 1. The fourth-order valence-corrected chi connectivity index (χ4v) is 2.14. The molecule has 2 atom stereocenters. The van der Waals surface area contributed by atoms with Gasteiger partial charge >= 0.3 is 5.97 Å². The molecule has 0 aliphatic heterocycles. The van der Waals surface area contributed by atoms with Crippen LogP contribution in [-0.2, 0) is 15.5 Å². The molecule has 6 heteroatoms. The summed E-state index contributed by atoms with van der Waals surface area (Å²) in [6.07, 6.45) is -1.69. The first kappa shape index (κ1) is 15.0. The van der Waals surface area contributed by atoms with E-state index in [1.807, 2.05) is 0 Å². The maximum absolute atomic E-state index is 11.3. The van der Waals surface area contributed by atoms with Crippen molar-refractivity contribution in [2.24, 2.45) is 0 Å². The Bertz CT molecular complexity index is 435. The Morgan fingerprint density at radius 3 is 2.33 bits per heavy atom. The number of aliphatic hydroxyl groups excluding tert-OH is 1. The van der Waals surface area contributed by atoms with E-state index in [-0.39, 0.29) is 17.2 Å². The van der Waals surface area contributed by atoms with Crippen LogP contribution < -0.4 is 0 Å². The standard InChI is InChI=1S/C12H12Cl2O4/c1-6(15)10(14)7-3-2-4-8(9(7)5-13)11(16)12(17)18/h2-4,10-11,16H,5H2,1H3,(H,17,18). The Labute approximate surface area is 114 Å². The summed E-state index contributed by atoms with van der Waals surface area (Å²) >= 11 is 11.7. The van der Waals surface area contributed by atoms with Gasteiger partial charge in [-0.2, -0.15) is 0 Å². The molecule has 1 rings (SSSR count). The number of aliphatic hydroxyl groups is 1. The van der Waals surface area contributed by atoms with Gasteiger partial charge in [0.25, 0.3) is 0 Å². The molecule has 0 spiro atoms. The number of carbonyl (C=O) groups excluding carboxylic acids is 1. The van der Waals surface area contributed by atoms with Gasteiger partial charge < -0.3 is 10.2 Å². The summed E-state index contributed by atoms with van der Waals surface area (Å²) in [7, 11) is 0. The maximum Gasteiger partial charge on any atom is 0.337 e. The molecule has 18 heavy (non-hydrogen) atoms. The van der Waals surface area contributed by atoms with E-state index < -0.39 is 17.5 Å². The second-order valence-electron chi connectivity index (χ2n) is 3.76. The molecule has 0 amide bonds. The number of alkyl halides is 2. The molecule has 0 saturated heterocycles. The normalized spacial score (nSPS) is 14.0. The van der Waals surface area contributed by atoms with Crippen LogP contribution in [0.4, 0.5) is 0 Å². The van der Waals surface area contributed by atoms with Crippen molar-refractivity contribution in [3.63, 3.8) is 0 Å². The minimum absolute atomic E-state index is 0.0354. The maximum atomic E-state index is 11.3. The third kappa shape index (κ3) is 3.02. The molecule has 0 aromatic heterocycles. The number of hydrogen-bond acceptors (Lipinski definition) is 3. The van der Waals surface area contributed by atoms with E-state index in [9.17, 15) is 14.7 Å². The van der Waals surface area contributed by atoms with Crippen molar-refractivity contribution in [2.45, 2.75) is 24.3 Å². The molecule has 0 bridgehead atoms. The molecule has 2 N–H and O–H groups in total. The minimum atomic E-state index is -1.69. The number of halogens is 2. The molecule has 0 radical (unpaired) electrons. The molecule has 1 aromatic rings. The van der Waals surface area contributed by atoms with Crippen molar-refractivity contribution in [2.75, 3.05) is 0 Å². The van der Waals surface area contributed by atoms with E-state index in [1.54, 1.807) is 6.07 Å². The van der Waals surface area contributed by atoms with Crippen LogP contribution in [0.3, 0.4) is 0 Å². The fourth-order valence-electron chi connectivity index (χ4n) is 1.62. The number of ketones is 1. The highest BCUT2D eigenvalue weighted by molar-refractivity contribution is 6.31. The molecular formula is C12H12Cl2O4. The van der Waals surface area contributed by atoms with E-state index in [1.165, 1.54) is 19.1 Å². The highest BCUT2D eigenvalue weighted by atomic mass is 35.5. The first-order chi connectivity index (χ1) is 8.40. The third-order valence-corrected chi connectivity index (χ3v) is 3.35. The van der Waals surface area contributed by atoms with Gasteiger partial charge in [0.2, 0.25) is 0 Å². The Hall–Kier alpha value is -1.10. The van der Waals surface area contributed by atoms with E-state index in [0.717, 1.165) is 0 Å². The van der Waals surface area contributed by atoms with Gasteiger partial charge in [-0.1, -0.05) is 18.2 Å². The van der Waals surface area contributed by atoms with Gasteiger partial charge in [0.1, 0.15) is 5.38 Å². The number of carbonyl (C=O) groups is 2. The van der Waals surface area contributed by atoms with Crippen LogP contribution in [0.2, 0.25) is 0 Å². The van der Waals surface area contributed by atoms with Crippen LogP contribution >= 0.6 is 23.2 Å². The molecule has 0 saturated carbocycles. The average Bonchev–Trinajstić information content (AvgIpc) is 2.35. The molecule has 4 nitrogen and oxygen atoms in total. The number of aliphatic carboxylic acids is 1. The van der Waals surface area contributed by atoms with Crippen molar-refractivity contribution in [3.05, 3.63) is 34.9 Å². The molecule has 0 aliphatic rings. The highest BCUT2D eigenvalue weighted by Gasteiger charge is 2.24. The lowest BCUT2D eigenvalue weighted by molar-refractivity contribution is -0.147. The van der Waals surface area contributed by atoms with Crippen LogP contribution in [0, 0.1) is 0 Å². The van der Waals surface area contributed by atoms with E-state index >= 15 is 0 Å². The number of rotatable bonds is 5.